The molecule has 2 aliphatic rings. The van der Waals surface area contributed by atoms with Crippen LogP contribution in [0.2, 0.25) is 0 Å². The van der Waals surface area contributed by atoms with Gasteiger partial charge in [-0.25, -0.2) is 13.2 Å². The average Bonchev–Trinajstić information content (AvgIpc) is 2.82. The summed E-state index contributed by atoms with van der Waals surface area (Å²) in [5, 5.41) is 0. The SMILES string of the molecule is COC(=O)C1CCN(C(=O)COC(=O)c2ccc(S(=O)(=O)N3CCCCC3)cc2)CC1. The van der Waals surface area contributed by atoms with Crippen molar-refractivity contribution in [2.24, 2.45) is 5.92 Å². The summed E-state index contributed by atoms with van der Waals surface area (Å²) in [4.78, 5) is 37.8. The highest BCUT2D eigenvalue weighted by molar-refractivity contribution is 7.89. The van der Waals surface area contributed by atoms with E-state index in [1.54, 1.807) is 4.90 Å². The Morgan fingerprint density at radius 1 is 0.968 bits per heavy atom. The number of methoxy groups -OCH3 is 1. The van der Waals surface area contributed by atoms with Crippen LogP contribution in [0.4, 0.5) is 0 Å². The fraction of sp³-hybridized carbons (Fsp3) is 0.571. The van der Waals surface area contributed by atoms with Crippen molar-refractivity contribution in [3.05, 3.63) is 29.8 Å². The van der Waals surface area contributed by atoms with Gasteiger partial charge in [0.05, 0.1) is 23.5 Å². The predicted octanol–water partition coefficient (Wildman–Crippen LogP) is 1.43. The van der Waals surface area contributed by atoms with E-state index in [0.29, 0.717) is 39.0 Å². The molecule has 31 heavy (non-hydrogen) atoms. The van der Waals surface area contributed by atoms with Crippen molar-refractivity contribution < 1.29 is 32.3 Å². The summed E-state index contributed by atoms with van der Waals surface area (Å²) in [6.07, 6.45) is 3.74. The Morgan fingerprint density at radius 2 is 1.58 bits per heavy atom. The van der Waals surface area contributed by atoms with Crippen molar-refractivity contribution in [1.29, 1.82) is 0 Å². The number of ether oxygens (including phenoxy) is 2. The number of nitrogens with zero attached hydrogens (tertiary/aromatic N) is 2. The summed E-state index contributed by atoms with van der Waals surface area (Å²) in [7, 11) is -2.23. The van der Waals surface area contributed by atoms with Crippen LogP contribution in [0.25, 0.3) is 0 Å². The van der Waals surface area contributed by atoms with Crippen molar-refractivity contribution in [2.75, 3.05) is 39.9 Å². The van der Waals surface area contributed by atoms with Gasteiger partial charge in [0.1, 0.15) is 0 Å². The quantitative estimate of drug-likeness (QED) is 0.601. The van der Waals surface area contributed by atoms with Gasteiger partial charge in [-0.1, -0.05) is 6.42 Å². The molecule has 2 heterocycles. The lowest BCUT2D eigenvalue weighted by Gasteiger charge is -2.30. The van der Waals surface area contributed by atoms with E-state index in [1.807, 2.05) is 0 Å². The number of hydrogen-bond acceptors (Lipinski definition) is 7. The summed E-state index contributed by atoms with van der Waals surface area (Å²) in [6.45, 7) is 1.41. The zero-order valence-corrected chi connectivity index (χ0v) is 18.4. The van der Waals surface area contributed by atoms with Gasteiger partial charge in [-0.3, -0.25) is 9.59 Å². The monoisotopic (exact) mass is 452 g/mol. The van der Waals surface area contributed by atoms with Gasteiger partial charge in [0.2, 0.25) is 10.0 Å². The molecule has 170 valence electrons. The third-order valence-corrected chi connectivity index (χ3v) is 7.66. The van der Waals surface area contributed by atoms with Crippen molar-refractivity contribution in [1.82, 2.24) is 9.21 Å². The van der Waals surface area contributed by atoms with Gasteiger partial charge < -0.3 is 14.4 Å². The van der Waals surface area contributed by atoms with E-state index in [9.17, 15) is 22.8 Å². The molecule has 10 heteroatoms. The Morgan fingerprint density at radius 3 is 2.16 bits per heavy atom. The molecule has 3 rings (SSSR count). The van der Waals surface area contributed by atoms with E-state index >= 15 is 0 Å². The molecule has 2 saturated heterocycles. The summed E-state index contributed by atoms with van der Waals surface area (Å²) < 4.78 is 36.6. The first kappa shape index (κ1) is 23.2. The number of sulfonamides is 1. The Labute approximate surface area is 182 Å². The molecule has 0 bridgehead atoms. The molecule has 0 aliphatic carbocycles. The average molecular weight is 453 g/mol. The van der Waals surface area contributed by atoms with Crippen LogP contribution in [-0.4, -0.2) is 75.4 Å². The fourth-order valence-electron chi connectivity index (χ4n) is 3.85. The number of benzene rings is 1. The lowest BCUT2D eigenvalue weighted by Crippen LogP contribution is -2.42. The van der Waals surface area contributed by atoms with E-state index < -0.39 is 22.6 Å². The maximum absolute atomic E-state index is 12.7. The lowest BCUT2D eigenvalue weighted by atomic mass is 9.97. The Kier molecular flexibility index (Phi) is 7.66. The van der Waals surface area contributed by atoms with Crippen molar-refractivity contribution in [3.8, 4) is 0 Å². The largest absolute Gasteiger partial charge is 0.469 e. The molecule has 2 fully saturated rings. The molecule has 1 aromatic rings. The number of rotatable bonds is 6. The Bertz CT molecular complexity index is 900. The van der Waals surface area contributed by atoms with Gasteiger partial charge in [-0.15, -0.1) is 0 Å². The molecule has 1 aromatic carbocycles. The normalized spacial score (nSPS) is 18.4. The summed E-state index contributed by atoms with van der Waals surface area (Å²) in [5.74, 6) is -1.51. The molecule has 0 saturated carbocycles. The van der Waals surface area contributed by atoms with E-state index in [0.717, 1.165) is 19.3 Å². The maximum Gasteiger partial charge on any atom is 0.338 e. The standard InChI is InChI=1S/C21H28N2O7S/c1-29-20(25)17-9-13-22(14-10-17)19(24)15-30-21(26)16-5-7-18(8-6-16)31(27,28)23-11-3-2-4-12-23/h5-8,17H,2-4,9-15H2,1H3. The topological polar surface area (TPSA) is 110 Å². The molecule has 0 aromatic heterocycles. The van der Waals surface area contributed by atoms with E-state index in [1.165, 1.54) is 35.7 Å². The second-order valence-corrected chi connectivity index (χ2v) is 9.68. The molecule has 1 amide bonds. The molecule has 0 radical (unpaired) electrons. The predicted molar refractivity (Wildman–Crippen MR) is 111 cm³/mol. The van der Waals surface area contributed by atoms with Gasteiger partial charge in [0.25, 0.3) is 5.91 Å². The zero-order chi connectivity index (χ0) is 22.4. The van der Waals surface area contributed by atoms with E-state index in [-0.39, 0.29) is 28.3 Å². The molecule has 0 unspecified atom stereocenters. The first-order valence-electron chi connectivity index (χ1n) is 10.5. The van der Waals surface area contributed by atoms with Crippen LogP contribution in [0.5, 0.6) is 0 Å². The Balaban J connectivity index is 1.51. The van der Waals surface area contributed by atoms with Gasteiger partial charge >= 0.3 is 11.9 Å². The molecule has 9 nitrogen and oxygen atoms in total. The minimum absolute atomic E-state index is 0.135. The summed E-state index contributed by atoms with van der Waals surface area (Å²) >= 11 is 0. The number of amides is 1. The number of hydrogen-bond donors (Lipinski definition) is 0. The zero-order valence-electron chi connectivity index (χ0n) is 17.6. The number of likely N-dealkylation sites (tertiary alicyclic amines) is 1. The van der Waals surface area contributed by atoms with Crippen LogP contribution in [0.3, 0.4) is 0 Å². The van der Waals surface area contributed by atoms with Crippen molar-refractivity contribution in [3.63, 3.8) is 0 Å². The molecular formula is C21H28N2O7S. The van der Waals surface area contributed by atoms with Gasteiger partial charge in [-0.05, 0) is 49.9 Å². The minimum atomic E-state index is -3.57. The van der Waals surface area contributed by atoms with Gasteiger partial charge in [-0.2, -0.15) is 4.31 Å². The molecular weight excluding hydrogens is 424 g/mol. The van der Waals surface area contributed by atoms with Crippen LogP contribution in [0.1, 0.15) is 42.5 Å². The fourth-order valence-corrected chi connectivity index (χ4v) is 5.37. The number of esters is 2. The van der Waals surface area contributed by atoms with Crippen molar-refractivity contribution in [2.45, 2.75) is 37.0 Å². The third kappa shape index (κ3) is 5.62. The first-order valence-corrected chi connectivity index (χ1v) is 11.9. The van der Waals surface area contributed by atoms with Crippen LogP contribution in [-0.2, 0) is 29.1 Å². The number of carbonyl (C=O) groups excluding carboxylic acids is 3. The summed E-state index contributed by atoms with van der Waals surface area (Å²) in [5.41, 5.74) is 0.176. The second-order valence-electron chi connectivity index (χ2n) is 7.74. The van der Waals surface area contributed by atoms with Crippen LogP contribution < -0.4 is 0 Å². The minimum Gasteiger partial charge on any atom is -0.469 e. The smallest absolute Gasteiger partial charge is 0.338 e. The highest BCUT2D eigenvalue weighted by Gasteiger charge is 2.29. The molecule has 0 spiro atoms. The molecule has 2 aliphatic heterocycles. The molecule has 0 N–H and O–H groups in total. The maximum atomic E-state index is 12.7. The second kappa shape index (κ2) is 10.2. The lowest BCUT2D eigenvalue weighted by molar-refractivity contribution is -0.149. The number of piperidine rings is 2. The summed E-state index contributed by atoms with van der Waals surface area (Å²) in [6, 6.07) is 5.57. The highest BCUT2D eigenvalue weighted by atomic mass is 32.2. The van der Waals surface area contributed by atoms with Crippen LogP contribution in [0.15, 0.2) is 29.2 Å². The molecule has 0 atom stereocenters. The number of carbonyl (C=O) groups is 3. The van der Waals surface area contributed by atoms with Gasteiger partial charge in [0.15, 0.2) is 6.61 Å². The van der Waals surface area contributed by atoms with E-state index in [4.69, 9.17) is 9.47 Å². The van der Waals surface area contributed by atoms with Crippen molar-refractivity contribution >= 4 is 27.9 Å². The first-order chi connectivity index (χ1) is 14.8. The Hall–Kier alpha value is -2.46. The van der Waals surface area contributed by atoms with E-state index in [2.05, 4.69) is 0 Å². The highest BCUT2D eigenvalue weighted by Crippen LogP contribution is 2.21. The van der Waals surface area contributed by atoms with Crippen LogP contribution in [0, 0.1) is 5.92 Å². The van der Waals surface area contributed by atoms with Gasteiger partial charge in [0, 0.05) is 26.2 Å². The van der Waals surface area contributed by atoms with Crippen LogP contribution >= 0.6 is 0 Å². The third-order valence-electron chi connectivity index (χ3n) is 5.75.